The zero-order valence-electron chi connectivity index (χ0n) is 15.4. The minimum atomic E-state index is -0.810. The molecule has 4 rings (SSSR count). The van der Waals surface area contributed by atoms with Crippen LogP contribution in [0.25, 0.3) is 22.5 Å². The molecule has 2 aromatic carbocycles. The Bertz CT molecular complexity index is 1300. The van der Waals surface area contributed by atoms with E-state index >= 15 is 0 Å². The summed E-state index contributed by atoms with van der Waals surface area (Å²) in [6.07, 6.45) is 1.43. The highest BCUT2D eigenvalue weighted by Crippen LogP contribution is 2.33. The van der Waals surface area contributed by atoms with Crippen molar-refractivity contribution in [3.8, 4) is 17.3 Å². The summed E-state index contributed by atoms with van der Waals surface area (Å²) in [6, 6.07) is 11.1. The molecule has 146 valence electrons. The number of carbonyl (C=O) groups is 1. The molecular weight excluding hydrogens is 415 g/mol. The lowest BCUT2D eigenvalue weighted by molar-refractivity contribution is 0.0731. The number of ether oxygens (including phenoxy) is 1. The van der Waals surface area contributed by atoms with Crippen LogP contribution in [0.4, 0.5) is 0 Å². The topological polar surface area (TPSA) is 69.7 Å². The molecule has 7 heteroatoms. The summed E-state index contributed by atoms with van der Waals surface area (Å²) in [4.78, 5) is 25.9. The second kappa shape index (κ2) is 7.43. The predicted octanol–water partition coefficient (Wildman–Crippen LogP) is 6.20. The van der Waals surface area contributed by atoms with Gasteiger partial charge in [0.05, 0.1) is 22.2 Å². The zero-order valence-corrected chi connectivity index (χ0v) is 16.9. The molecule has 0 N–H and O–H groups in total. The largest absolute Gasteiger partial charge is 0.461 e. The number of benzene rings is 2. The van der Waals surface area contributed by atoms with Gasteiger partial charge in [-0.25, -0.2) is 4.79 Å². The van der Waals surface area contributed by atoms with Gasteiger partial charge in [-0.05, 0) is 67.4 Å². The zero-order chi connectivity index (χ0) is 20.7. The van der Waals surface area contributed by atoms with Crippen LogP contribution < -0.4 is 10.2 Å². The molecule has 2 aromatic heterocycles. The molecule has 5 nitrogen and oxygen atoms in total. The van der Waals surface area contributed by atoms with E-state index in [1.54, 1.807) is 24.3 Å². The van der Waals surface area contributed by atoms with Gasteiger partial charge in [-0.15, -0.1) is 0 Å². The standard InChI is InChI=1S/C22H14Cl2O5/c1-11-8-15-18(9-12(11)2)28-20(17-4-3-7-27-17)21(19(15)25)29-22(26)14-6-5-13(23)10-16(14)24/h3-10H,1-2H3. The van der Waals surface area contributed by atoms with Crippen LogP contribution in [-0.2, 0) is 0 Å². The number of fused-ring (bicyclic) bond motifs is 1. The molecule has 0 aliphatic carbocycles. The number of carbonyl (C=O) groups excluding carboxylic acids is 1. The summed E-state index contributed by atoms with van der Waals surface area (Å²) >= 11 is 12.0. The number of rotatable bonds is 3. The first-order valence-electron chi connectivity index (χ1n) is 8.64. The molecule has 0 saturated heterocycles. The van der Waals surface area contributed by atoms with Gasteiger partial charge < -0.3 is 13.6 Å². The lowest BCUT2D eigenvalue weighted by atomic mass is 10.1. The average Bonchev–Trinajstić information content (AvgIpc) is 3.20. The summed E-state index contributed by atoms with van der Waals surface area (Å²) in [6.45, 7) is 3.80. The smallest absolute Gasteiger partial charge is 0.345 e. The van der Waals surface area contributed by atoms with E-state index in [4.69, 9.17) is 36.8 Å². The molecule has 0 spiro atoms. The first-order valence-corrected chi connectivity index (χ1v) is 9.40. The molecule has 0 bridgehead atoms. The van der Waals surface area contributed by atoms with E-state index < -0.39 is 11.4 Å². The van der Waals surface area contributed by atoms with Gasteiger partial charge in [0, 0.05) is 5.02 Å². The molecule has 0 radical (unpaired) electrons. The van der Waals surface area contributed by atoms with Crippen LogP contribution in [-0.4, -0.2) is 5.97 Å². The lowest BCUT2D eigenvalue weighted by Crippen LogP contribution is -2.16. The lowest BCUT2D eigenvalue weighted by Gasteiger charge is -2.11. The van der Waals surface area contributed by atoms with E-state index in [2.05, 4.69) is 0 Å². The van der Waals surface area contributed by atoms with E-state index in [-0.39, 0.29) is 27.9 Å². The van der Waals surface area contributed by atoms with Gasteiger partial charge in [0.15, 0.2) is 5.76 Å². The summed E-state index contributed by atoms with van der Waals surface area (Å²) in [7, 11) is 0. The monoisotopic (exact) mass is 428 g/mol. The van der Waals surface area contributed by atoms with Crippen LogP contribution >= 0.6 is 23.2 Å². The third kappa shape index (κ3) is 3.55. The molecular formula is C22H14Cl2O5. The van der Waals surface area contributed by atoms with Gasteiger partial charge in [0.25, 0.3) is 0 Å². The highest BCUT2D eigenvalue weighted by Gasteiger charge is 2.24. The van der Waals surface area contributed by atoms with Crippen molar-refractivity contribution in [2.45, 2.75) is 13.8 Å². The molecule has 0 fully saturated rings. The fourth-order valence-electron chi connectivity index (χ4n) is 2.90. The van der Waals surface area contributed by atoms with Crippen molar-refractivity contribution in [2.24, 2.45) is 0 Å². The van der Waals surface area contributed by atoms with E-state index in [0.29, 0.717) is 16.0 Å². The maximum absolute atomic E-state index is 13.2. The highest BCUT2D eigenvalue weighted by molar-refractivity contribution is 6.36. The molecule has 4 aromatic rings. The fraction of sp³-hybridized carbons (Fsp3) is 0.0909. The number of esters is 1. The summed E-state index contributed by atoms with van der Waals surface area (Å²) in [5, 5.41) is 0.783. The maximum Gasteiger partial charge on any atom is 0.345 e. The third-order valence-electron chi connectivity index (χ3n) is 4.56. The molecule has 0 amide bonds. The van der Waals surface area contributed by atoms with Gasteiger partial charge in [-0.1, -0.05) is 23.2 Å². The SMILES string of the molecule is Cc1cc2oc(-c3ccco3)c(OC(=O)c3ccc(Cl)cc3Cl)c(=O)c2cc1C. The van der Waals surface area contributed by atoms with Crippen LogP contribution in [0, 0.1) is 13.8 Å². The van der Waals surface area contributed by atoms with Crippen LogP contribution in [0.3, 0.4) is 0 Å². The van der Waals surface area contributed by atoms with Crippen molar-refractivity contribution in [3.05, 3.63) is 85.7 Å². The van der Waals surface area contributed by atoms with Gasteiger partial charge >= 0.3 is 5.97 Å². The van der Waals surface area contributed by atoms with Gasteiger partial charge in [-0.2, -0.15) is 0 Å². The minimum Gasteiger partial charge on any atom is -0.461 e. The van der Waals surface area contributed by atoms with E-state index in [9.17, 15) is 9.59 Å². The number of halogens is 2. The van der Waals surface area contributed by atoms with Crippen LogP contribution in [0.15, 0.2) is 62.4 Å². The highest BCUT2D eigenvalue weighted by atomic mass is 35.5. The predicted molar refractivity (Wildman–Crippen MR) is 111 cm³/mol. The van der Waals surface area contributed by atoms with Gasteiger partial charge in [0.1, 0.15) is 5.58 Å². The first kappa shape index (κ1) is 19.3. The van der Waals surface area contributed by atoms with Gasteiger partial charge in [0.2, 0.25) is 16.9 Å². The summed E-state index contributed by atoms with van der Waals surface area (Å²) in [5.74, 6) is -0.803. The van der Waals surface area contributed by atoms with Gasteiger partial charge in [-0.3, -0.25) is 4.79 Å². The number of aryl methyl sites for hydroxylation is 2. The third-order valence-corrected chi connectivity index (χ3v) is 5.10. The Morgan fingerprint density at radius 3 is 2.48 bits per heavy atom. The van der Waals surface area contributed by atoms with Crippen molar-refractivity contribution in [1.82, 2.24) is 0 Å². The Morgan fingerprint density at radius 1 is 1.03 bits per heavy atom. The molecule has 2 heterocycles. The fourth-order valence-corrected chi connectivity index (χ4v) is 3.38. The average molecular weight is 429 g/mol. The first-order chi connectivity index (χ1) is 13.8. The van der Waals surface area contributed by atoms with Crippen molar-refractivity contribution in [3.63, 3.8) is 0 Å². The second-order valence-corrected chi connectivity index (χ2v) is 7.36. The summed E-state index contributed by atoms with van der Waals surface area (Å²) in [5.41, 5.74) is 1.83. The molecule has 0 aliphatic heterocycles. The number of hydrogen-bond acceptors (Lipinski definition) is 5. The van der Waals surface area contributed by atoms with Crippen molar-refractivity contribution < 1.29 is 18.4 Å². The molecule has 29 heavy (non-hydrogen) atoms. The number of hydrogen-bond donors (Lipinski definition) is 0. The Balaban J connectivity index is 1.91. The number of furan rings is 1. The molecule has 0 saturated carbocycles. The quantitative estimate of drug-likeness (QED) is 0.363. The minimum absolute atomic E-state index is 0.0224. The van der Waals surface area contributed by atoms with Crippen molar-refractivity contribution >= 4 is 40.1 Å². The van der Waals surface area contributed by atoms with Crippen LogP contribution in [0.2, 0.25) is 10.0 Å². The van der Waals surface area contributed by atoms with E-state index in [1.807, 2.05) is 13.8 Å². The summed E-state index contributed by atoms with van der Waals surface area (Å²) < 4.78 is 16.7. The second-order valence-electron chi connectivity index (χ2n) is 6.51. The van der Waals surface area contributed by atoms with E-state index in [0.717, 1.165) is 11.1 Å². The molecule has 0 unspecified atom stereocenters. The van der Waals surface area contributed by atoms with E-state index in [1.165, 1.54) is 24.5 Å². The van der Waals surface area contributed by atoms with Crippen LogP contribution in [0.5, 0.6) is 5.75 Å². The van der Waals surface area contributed by atoms with Crippen molar-refractivity contribution in [2.75, 3.05) is 0 Å². The Labute approximate surface area is 175 Å². The van der Waals surface area contributed by atoms with Crippen molar-refractivity contribution in [1.29, 1.82) is 0 Å². The molecule has 0 aliphatic rings. The normalized spacial score (nSPS) is 11.0. The Hall–Kier alpha value is -3.02. The Kier molecular flexibility index (Phi) is 4.94. The molecule has 0 atom stereocenters. The Morgan fingerprint density at radius 2 is 1.79 bits per heavy atom. The van der Waals surface area contributed by atoms with Crippen LogP contribution in [0.1, 0.15) is 21.5 Å². The maximum atomic E-state index is 13.2.